The molecule has 0 aliphatic rings. The average Bonchev–Trinajstić information content (AvgIpc) is 3.46. The summed E-state index contributed by atoms with van der Waals surface area (Å²) in [6.07, 6.45) is 0. The highest BCUT2D eigenvalue weighted by atomic mass is 32.1. The molecule has 7 aromatic rings. The minimum atomic E-state index is 0.646. The van der Waals surface area contributed by atoms with E-state index in [0.29, 0.717) is 11.1 Å². The fourth-order valence-electron chi connectivity index (χ4n) is 5.23. The second-order valence-electron chi connectivity index (χ2n) is 8.85. The number of hydrogen-bond donors (Lipinski definition) is 0. The van der Waals surface area contributed by atoms with E-state index >= 15 is 0 Å². The monoisotopic (exact) mass is 475 g/mol. The van der Waals surface area contributed by atoms with Crippen molar-refractivity contribution in [2.24, 2.45) is 0 Å². The van der Waals surface area contributed by atoms with Gasteiger partial charge in [0, 0.05) is 36.5 Å². The van der Waals surface area contributed by atoms with Crippen LogP contribution >= 0.6 is 11.3 Å². The fraction of sp³-hybridized carbons (Fsp3) is 0. The molecule has 3 nitrogen and oxygen atoms in total. The maximum atomic E-state index is 9.58. The Morgan fingerprint density at radius 2 is 1.19 bits per heavy atom. The standard InChI is InChI=1S/C32H17N3S/c33-18-20-9-12-25-24-6-2-4-8-29(24)35(30(25)15-20)28-7-3-1-5-23(28)22-11-14-27-26-13-10-21(19-34)16-31(26)36-32(27)17-22/h1-17H. The van der Waals surface area contributed by atoms with Gasteiger partial charge in [-0.2, -0.15) is 10.5 Å². The molecule has 0 fully saturated rings. The Bertz CT molecular complexity index is 2080. The highest BCUT2D eigenvalue weighted by Gasteiger charge is 2.16. The summed E-state index contributed by atoms with van der Waals surface area (Å²) in [5.74, 6) is 0. The van der Waals surface area contributed by atoms with Crippen LogP contribution in [0.1, 0.15) is 11.1 Å². The van der Waals surface area contributed by atoms with E-state index in [1.807, 2.05) is 36.4 Å². The van der Waals surface area contributed by atoms with Crippen molar-refractivity contribution in [3.05, 3.63) is 114 Å². The molecule has 2 heterocycles. The summed E-state index contributed by atoms with van der Waals surface area (Å²) in [4.78, 5) is 0. The zero-order chi connectivity index (χ0) is 24.2. The molecular weight excluding hydrogens is 458 g/mol. The molecule has 166 valence electrons. The summed E-state index contributed by atoms with van der Waals surface area (Å²) in [5, 5.41) is 23.6. The van der Waals surface area contributed by atoms with Crippen molar-refractivity contribution >= 4 is 53.3 Å². The lowest BCUT2D eigenvalue weighted by Crippen LogP contribution is -1.97. The van der Waals surface area contributed by atoms with E-state index in [1.165, 1.54) is 20.9 Å². The molecule has 0 saturated heterocycles. The Balaban J connectivity index is 1.50. The number of rotatable bonds is 2. The smallest absolute Gasteiger partial charge is 0.0992 e. The highest BCUT2D eigenvalue weighted by molar-refractivity contribution is 7.25. The number of benzene rings is 5. The summed E-state index contributed by atoms with van der Waals surface area (Å²) in [7, 11) is 0. The molecule has 4 heteroatoms. The quantitative estimate of drug-likeness (QED) is 0.251. The Morgan fingerprint density at radius 1 is 0.556 bits per heavy atom. The van der Waals surface area contributed by atoms with Gasteiger partial charge in [0.1, 0.15) is 0 Å². The first-order valence-corrected chi connectivity index (χ1v) is 12.5. The van der Waals surface area contributed by atoms with E-state index in [1.54, 1.807) is 11.3 Å². The molecule has 0 spiro atoms. The number of hydrogen-bond acceptors (Lipinski definition) is 3. The van der Waals surface area contributed by atoms with Crippen LogP contribution in [0.4, 0.5) is 0 Å². The van der Waals surface area contributed by atoms with Crippen molar-refractivity contribution in [1.82, 2.24) is 4.57 Å². The van der Waals surface area contributed by atoms with Crippen LogP contribution in [0.25, 0.3) is 58.8 Å². The third kappa shape index (κ3) is 2.96. The molecule has 36 heavy (non-hydrogen) atoms. The van der Waals surface area contributed by atoms with E-state index in [0.717, 1.165) is 37.9 Å². The number of nitriles is 2. The third-order valence-electron chi connectivity index (χ3n) is 6.86. The molecule has 0 saturated carbocycles. The Hall–Kier alpha value is -4.90. The maximum absolute atomic E-state index is 9.58. The van der Waals surface area contributed by atoms with Gasteiger partial charge in [-0.3, -0.25) is 0 Å². The summed E-state index contributed by atoms with van der Waals surface area (Å²) in [6, 6.07) is 39.8. The zero-order valence-corrected chi connectivity index (χ0v) is 19.9. The van der Waals surface area contributed by atoms with Crippen LogP contribution in [0, 0.1) is 22.7 Å². The van der Waals surface area contributed by atoms with Gasteiger partial charge in [0.05, 0.1) is 40.0 Å². The summed E-state index contributed by atoms with van der Waals surface area (Å²) in [6.45, 7) is 0. The predicted molar refractivity (Wildman–Crippen MR) is 149 cm³/mol. The van der Waals surface area contributed by atoms with Crippen LogP contribution in [0.15, 0.2) is 103 Å². The number of thiophene rings is 1. The van der Waals surface area contributed by atoms with Crippen molar-refractivity contribution < 1.29 is 0 Å². The van der Waals surface area contributed by atoms with Crippen molar-refractivity contribution in [2.45, 2.75) is 0 Å². The number of aromatic nitrogens is 1. The molecule has 2 aromatic heterocycles. The molecule has 5 aromatic carbocycles. The van der Waals surface area contributed by atoms with E-state index in [-0.39, 0.29) is 0 Å². The van der Waals surface area contributed by atoms with Crippen molar-refractivity contribution in [2.75, 3.05) is 0 Å². The first-order chi connectivity index (χ1) is 17.7. The molecule has 0 bridgehead atoms. The lowest BCUT2D eigenvalue weighted by molar-refractivity contribution is 1.18. The molecule has 0 unspecified atom stereocenters. The SMILES string of the molecule is N#Cc1ccc2c(c1)sc1cc(-c3ccccc3-n3c4ccccc4c4ccc(C#N)cc43)ccc12. The Labute approximate surface area is 211 Å². The first kappa shape index (κ1) is 20.5. The summed E-state index contributed by atoms with van der Waals surface area (Å²) < 4.78 is 4.59. The van der Waals surface area contributed by atoms with E-state index < -0.39 is 0 Å². The largest absolute Gasteiger partial charge is 0.309 e. The van der Waals surface area contributed by atoms with Gasteiger partial charge in [-0.15, -0.1) is 11.3 Å². The molecule has 7 rings (SSSR count). The van der Waals surface area contributed by atoms with E-state index in [4.69, 9.17) is 0 Å². The van der Waals surface area contributed by atoms with E-state index in [2.05, 4.69) is 83.4 Å². The van der Waals surface area contributed by atoms with Crippen LogP contribution in [-0.4, -0.2) is 4.57 Å². The zero-order valence-electron chi connectivity index (χ0n) is 19.1. The molecule has 0 amide bonds. The summed E-state index contributed by atoms with van der Waals surface area (Å²) in [5.41, 5.74) is 6.80. The Kier molecular flexibility index (Phi) is 4.45. The number of para-hydroxylation sites is 2. The second-order valence-corrected chi connectivity index (χ2v) is 9.93. The van der Waals surface area contributed by atoms with Crippen LogP contribution in [0.5, 0.6) is 0 Å². The molecule has 0 radical (unpaired) electrons. The minimum absolute atomic E-state index is 0.646. The van der Waals surface area contributed by atoms with Gasteiger partial charge in [0.2, 0.25) is 0 Å². The minimum Gasteiger partial charge on any atom is -0.309 e. The van der Waals surface area contributed by atoms with E-state index in [9.17, 15) is 10.5 Å². The van der Waals surface area contributed by atoms with Crippen molar-refractivity contribution in [3.63, 3.8) is 0 Å². The lowest BCUT2D eigenvalue weighted by Gasteiger charge is -2.14. The van der Waals surface area contributed by atoms with Gasteiger partial charge in [0.15, 0.2) is 0 Å². The number of fused-ring (bicyclic) bond motifs is 6. The summed E-state index contributed by atoms with van der Waals surface area (Å²) >= 11 is 1.72. The number of nitrogens with zero attached hydrogens (tertiary/aromatic N) is 3. The van der Waals surface area contributed by atoms with Crippen LogP contribution in [0.3, 0.4) is 0 Å². The van der Waals surface area contributed by atoms with Crippen molar-refractivity contribution in [1.29, 1.82) is 10.5 Å². The molecule has 0 aliphatic carbocycles. The van der Waals surface area contributed by atoms with Gasteiger partial charge >= 0.3 is 0 Å². The van der Waals surface area contributed by atoms with Gasteiger partial charge in [-0.05, 0) is 48.0 Å². The topological polar surface area (TPSA) is 52.5 Å². The lowest BCUT2D eigenvalue weighted by atomic mass is 10.0. The van der Waals surface area contributed by atoms with Crippen LogP contribution < -0.4 is 0 Å². The fourth-order valence-corrected chi connectivity index (χ4v) is 6.41. The maximum Gasteiger partial charge on any atom is 0.0992 e. The van der Waals surface area contributed by atoms with Gasteiger partial charge in [-0.1, -0.05) is 60.7 Å². The van der Waals surface area contributed by atoms with Gasteiger partial charge in [-0.25, -0.2) is 0 Å². The predicted octanol–water partition coefficient (Wildman–Crippen LogP) is 8.56. The molecule has 0 N–H and O–H groups in total. The Morgan fingerprint density at radius 3 is 2.03 bits per heavy atom. The molecular formula is C32H17N3S. The third-order valence-corrected chi connectivity index (χ3v) is 7.98. The van der Waals surface area contributed by atoms with Gasteiger partial charge < -0.3 is 4.57 Å². The first-order valence-electron chi connectivity index (χ1n) is 11.6. The molecule has 0 atom stereocenters. The normalized spacial score (nSPS) is 11.3. The molecule has 0 aliphatic heterocycles. The van der Waals surface area contributed by atoms with Gasteiger partial charge in [0.25, 0.3) is 0 Å². The second kappa shape index (κ2) is 7.82. The average molecular weight is 476 g/mol. The van der Waals surface area contributed by atoms with Crippen molar-refractivity contribution in [3.8, 4) is 29.0 Å². The highest BCUT2D eigenvalue weighted by Crippen LogP contribution is 2.40. The van der Waals surface area contributed by atoms with Crippen LogP contribution in [0.2, 0.25) is 0 Å². The van der Waals surface area contributed by atoms with Crippen LogP contribution in [-0.2, 0) is 0 Å².